The predicted octanol–water partition coefficient (Wildman–Crippen LogP) is 6.38. The highest BCUT2D eigenvalue weighted by Gasteiger charge is 2.47. The third-order valence-electron chi connectivity index (χ3n) is 6.12. The lowest BCUT2D eigenvalue weighted by molar-refractivity contribution is -0.137. The molecule has 1 amide bonds. The van der Waals surface area contributed by atoms with Crippen molar-refractivity contribution in [3.63, 3.8) is 0 Å². The number of anilines is 1. The number of amides is 1. The van der Waals surface area contributed by atoms with Crippen LogP contribution >= 0.6 is 0 Å². The van der Waals surface area contributed by atoms with Gasteiger partial charge in [-0.2, -0.15) is 13.2 Å². The zero-order chi connectivity index (χ0) is 27.8. The van der Waals surface area contributed by atoms with E-state index in [2.05, 4.69) is 0 Å². The Morgan fingerprint density at radius 3 is 2.29 bits per heavy atom. The average Bonchev–Trinajstić information content (AvgIpc) is 3.12. The van der Waals surface area contributed by atoms with E-state index in [-0.39, 0.29) is 22.6 Å². The lowest BCUT2D eigenvalue weighted by Gasteiger charge is -2.26. The second-order valence-corrected chi connectivity index (χ2v) is 9.49. The fraction of sp³-hybridized carbons (Fsp3) is 0.241. The number of rotatable bonds is 6. The molecule has 0 radical (unpaired) electrons. The van der Waals surface area contributed by atoms with Gasteiger partial charge in [0.2, 0.25) is 0 Å². The van der Waals surface area contributed by atoms with Gasteiger partial charge in [-0.25, -0.2) is 0 Å². The van der Waals surface area contributed by atoms with Gasteiger partial charge in [-0.3, -0.25) is 14.5 Å². The Labute approximate surface area is 217 Å². The summed E-state index contributed by atoms with van der Waals surface area (Å²) in [5, 5.41) is 21.4. The van der Waals surface area contributed by atoms with Crippen molar-refractivity contribution in [2.75, 3.05) is 11.5 Å². The van der Waals surface area contributed by atoms with Crippen molar-refractivity contribution in [3.8, 4) is 11.5 Å². The number of phenols is 1. The second-order valence-electron chi connectivity index (χ2n) is 9.49. The van der Waals surface area contributed by atoms with Crippen molar-refractivity contribution in [3.05, 3.63) is 94.6 Å². The van der Waals surface area contributed by atoms with E-state index in [0.717, 1.165) is 29.2 Å². The highest BCUT2D eigenvalue weighted by molar-refractivity contribution is 6.51. The molecule has 4 rings (SSSR count). The number of aliphatic hydroxyl groups excluding tert-OH is 1. The van der Waals surface area contributed by atoms with Crippen LogP contribution in [0.25, 0.3) is 5.76 Å². The molecule has 198 valence electrons. The molecule has 6 nitrogen and oxygen atoms in total. The van der Waals surface area contributed by atoms with Crippen LogP contribution in [0.2, 0.25) is 0 Å². The lowest BCUT2D eigenvalue weighted by atomic mass is 9.94. The van der Waals surface area contributed by atoms with Gasteiger partial charge in [-0.1, -0.05) is 26.0 Å². The standard InChI is InChI=1S/C29H26F3NO5/c1-16(2)15-38-23-12-7-19(13-17(23)3)26(35)24-25(18-5-4-6-22(34)14-18)33(28(37)27(24)36)21-10-8-20(9-11-21)29(30,31)32/h4-14,16,25,34-35H,15H2,1-3H3/b26-24-. The summed E-state index contributed by atoms with van der Waals surface area (Å²) in [7, 11) is 0. The molecule has 1 saturated heterocycles. The molecule has 9 heteroatoms. The number of hydrogen-bond donors (Lipinski definition) is 2. The van der Waals surface area contributed by atoms with E-state index in [1.807, 2.05) is 13.8 Å². The molecular formula is C29H26F3NO5. The van der Waals surface area contributed by atoms with Crippen LogP contribution in [0, 0.1) is 12.8 Å². The van der Waals surface area contributed by atoms with Crippen molar-refractivity contribution >= 4 is 23.1 Å². The highest BCUT2D eigenvalue weighted by Crippen LogP contribution is 2.43. The lowest BCUT2D eigenvalue weighted by Crippen LogP contribution is -2.29. The van der Waals surface area contributed by atoms with Gasteiger partial charge in [-0.05, 0) is 78.6 Å². The molecule has 38 heavy (non-hydrogen) atoms. The highest BCUT2D eigenvalue weighted by atomic mass is 19.4. The number of alkyl halides is 3. The van der Waals surface area contributed by atoms with Crippen molar-refractivity contribution in [1.29, 1.82) is 0 Å². The molecule has 3 aromatic carbocycles. The van der Waals surface area contributed by atoms with Crippen molar-refractivity contribution < 1.29 is 37.7 Å². The van der Waals surface area contributed by atoms with E-state index < -0.39 is 35.2 Å². The van der Waals surface area contributed by atoms with E-state index >= 15 is 0 Å². The first-order valence-corrected chi connectivity index (χ1v) is 11.9. The van der Waals surface area contributed by atoms with Gasteiger partial charge in [0.15, 0.2) is 0 Å². The van der Waals surface area contributed by atoms with Crippen LogP contribution < -0.4 is 9.64 Å². The molecule has 1 aliphatic rings. The monoisotopic (exact) mass is 525 g/mol. The largest absolute Gasteiger partial charge is 0.508 e. The van der Waals surface area contributed by atoms with Crippen LogP contribution in [0.4, 0.5) is 18.9 Å². The summed E-state index contributed by atoms with van der Waals surface area (Å²) in [6.07, 6.45) is -4.58. The molecular weight excluding hydrogens is 499 g/mol. The number of aliphatic hydroxyl groups is 1. The van der Waals surface area contributed by atoms with Crippen LogP contribution in [0.15, 0.2) is 72.3 Å². The zero-order valence-corrected chi connectivity index (χ0v) is 20.9. The summed E-state index contributed by atoms with van der Waals surface area (Å²) in [4.78, 5) is 27.5. The van der Waals surface area contributed by atoms with Crippen LogP contribution in [0.5, 0.6) is 11.5 Å². The maximum atomic E-state index is 13.3. The van der Waals surface area contributed by atoms with E-state index in [0.29, 0.717) is 29.4 Å². The quantitative estimate of drug-likeness (QED) is 0.222. The number of phenolic OH excluding ortho intramolecular Hbond substituents is 1. The number of ether oxygens (including phenoxy) is 1. The molecule has 0 bridgehead atoms. The molecule has 1 aliphatic heterocycles. The molecule has 0 spiro atoms. The number of carbonyl (C=O) groups excluding carboxylic acids is 2. The van der Waals surface area contributed by atoms with Gasteiger partial charge in [0.1, 0.15) is 17.3 Å². The zero-order valence-electron chi connectivity index (χ0n) is 20.9. The van der Waals surface area contributed by atoms with Gasteiger partial charge < -0.3 is 14.9 Å². The number of ketones is 1. The Balaban J connectivity index is 1.84. The van der Waals surface area contributed by atoms with E-state index in [1.54, 1.807) is 31.2 Å². The third kappa shape index (κ3) is 5.22. The molecule has 1 fully saturated rings. The van der Waals surface area contributed by atoms with Gasteiger partial charge in [0, 0.05) is 11.3 Å². The van der Waals surface area contributed by atoms with E-state index in [9.17, 15) is 33.0 Å². The summed E-state index contributed by atoms with van der Waals surface area (Å²) in [6, 6.07) is 13.2. The summed E-state index contributed by atoms with van der Waals surface area (Å²) in [5.74, 6) is -1.73. The number of aromatic hydroxyl groups is 1. The smallest absolute Gasteiger partial charge is 0.416 e. The molecule has 0 saturated carbocycles. The van der Waals surface area contributed by atoms with Crippen molar-refractivity contribution in [2.24, 2.45) is 5.92 Å². The number of carbonyl (C=O) groups is 2. The third-order valence-corrected chi connectivity index (χ3v) is 6.12. The van der Waals surface area contributed by atoms with Crippen LogP contribution in [-0.2, 0) is 15.8 Å². The SMILES string of the molecule is Cc1cc(/C(O)=C2/C(=O)C(=O)N(c3ccc(C(F)(F)F)cc3)C2c2cccc(O)c2)ccc1OCC(C)C. The minimum absolute atomic E-state index is 0.0288. The van der Waals surface area contributed by atoms with Gasteiger partial charge in [-0.15, -0.1) is 0 Å². The molecule has 1 heterocycles. The number of aryl methyl sites for hydroxylation is 1. The van der Waals surface area contributed by atoms with Gasteiger partial charge in [0.05, 0.1) is 23.8 Å². The number of nitrogens with zero attached hydrogens (tertiary/aromatic N) is 1. The van der Waals surface area contributed by atoms with Crippen molar-refractivity contribution in [2.45, 2.75) is 33.0 Å². The number of Topliss-reactive ketones (excluding diaryl/α,β-unsaturated/α-hetero) is 1. The van der Waals surface area contributed by atoms with Gasteiger partial charge in [0.25, 0.3) is 11.7 Å². The maximum Gasteiger partial charge on any atom is 0.416 e. The fourth-order valence-corrected chi connectivity index (χ4v) is 4.29. The van der Waals surface area contributed by atoms with Crippen molar-refractivity contribution in [1.82, 2.24) is 0 Å². The van der Waals surface area contributed by atoms with E-state index in [4.69, 9.17) is 4.74 Å². The molecule has 0 aromatic heterocycles. The first-order chi connectivity index (χ1) is 17.9. The second kappa shape index (κ2) is 10.2. The van der Waals surface area contributed by atoms with Crippen LogP contribution in [0.3, 0.4) is 0 Å². The molecule has 0 aliphatic carbocycles. The first kappa shape index (κ1) is 26.8. The Morgan fingerprint density at radius 1 is 1.03 bits per heavy atom. The molecule has 2 N–H and O–H groups in total. The van der Waals surface area contributed by atoms with Crippen LogP contribution in [-0.4, -0.2) is 28.5 Å². The Hall–Kier alpha value is -4.27. The summed E-state index contributed by atoms with van der Waals surface area (Å²) in [6.45, 7) is 6.28. The normalized spacial score (nSPS) is 17.3. The first-order valence-electron chi connectivity index (χ1n) is 11.9. The average molecular weight is 526 g/mol. The predicted molar refractivity (Wildman–Crippen MR) is 136 cm³/mol. The Bertz CT molecular complexity index is 1410. The molecule has 1 atom stereocenters. The minimum Gasteiger partial charge on any atom is -0.508 e. The van der Waals surface area contributed by atoms with E-state index in [1.165, 1.54) is 18.2 Å². The number of halogens is 3. The summed E-state index contributed by atoms with van der Waals surface area (Å²) < 4.78 is 45.1. The summed E-state index contributed by atoms with van der Waals surface area (Å²) >= 11 is 0. The number of benzene rings is 3. The Morgan fingerprint density at radius 2 is 1.71 bits per heavy atom. The molecule has 3 aromatic rings. The van der Waals surface area contributed by atoms with Gasteiger partial charge >= 0.3 is 6.18 Å². The topological polar surface area (TPSA) is 87.1 Å². The van der Waals surface area contributed by atoms with Crippen LogP contribution in [0.1, 0.15) is 42.1 Å². The maximum absolute atomic E-state index is 13.3. The molecule has 1 unspecified atom stereocenters. The summed E-state index contributed by atoms with van der Waals surface area (Å²) in [5.41, 5.74) is 0.105. The number of hydrogen-bond acceptors (Lipinski definition) is 5. The Kier molecular flexibility index (Phi) is 7.22. The minimum atomic E-state index is -4.58. The fourth-order valence-electron chi connectivity index (χ4n) is 4.29.